The van der Waals surface area contributed by atoms with Gasteiger partial charge in [0.05, 0.1) is 11.7 Å². The van der Waals surface area contributed by atoms with Crippen molar-refractivity contribution in [3.05, 3.63) is 64.4 Å². The van der Waals surface area contributed by atoms with E-state index in [1.165, 1.54) is 0 Å². The highest BCUT2D eigenvalue weighted by Gasteiger charge is 2.18. The number of halogens is 4. The molecule has 0 aromatic heterocycles. The number of hydrogen-bond acceptors (Lipinski definition) is 2. The average molecular weight is 343 g/mol. The van der Waals surface area contributed by atoms with E-state index >= 15 is 0 Å². The van der Waals surface area contributed by atoms with Gasteiger partial charge in [-0.2, -0.15) is 0 Å². The lowest BCUT2D eigenvalue weighted by Crippen LogP contribution is -2.37. The molecule has 0 radical (unpaired) electrons. The summed E-state index contributed by atoms with van der Waals surface area (Å²) in [6.45, 7) is 1.94. The van der Waals surface area contributed by atoms with Crippen LogP contribution in [0.2, 0.25) is 5.02 Å². The molecule has 7 heteroatoms. The monoisotopic (exact) mass is 342 g/mol. The van der Waals surface area contributed by atoms with Crippen LogP contribution in [0.3, 0.4) is 0 Å². The fraction of sp³-hybridized carbons (Fsp3) is 0.188. The highest BCUT2D eigenvalue weighted by Crippen LogP contribution is 2.19. The minimum atomic E-state index is -1.62. The van der Waals surface area contributed by atoms with Crippen molar-refractivity contribution in [2.75, 3.05) is 5.32 Å². The number of hydrogen-bond donors (Lipinski definition) is 2. The maximum absolute atomic E-state index is 13.5. The first-order valence-electron chi connectivity index (χ1n) is 6.80. The fourth-order valence-electron chi connectivity index (χ4n) is 1.87. The van der Waals surface area contributed by atoms with Crippen LogP contribution in [0.15, 0.2) is 36.4 Å². The summed E-state index contributed by atoms with van der Waals surface area (Å²) < 4.78 is 39.5. The van der Waals surface area contributed by atoms with Crippen molar-refractivity contribution in [2.45, 2.75) is 19.5 Å². The molecule has 0 aliphatic rings. The van der Waals surface area contributed by atoms with E-state index in [0.717, 1.165) is 17.7 Å². The van der Waals surface area contributed by atoms with E-state index in [-0.39, 0.29) is 0 Å². The van der Waals surface area contributed by atoms with E-state index in [0.29, 0.717) is 11.6 Å². The van der Waals surface area contributed by atoms with E-state index in [4.69, 9.17) is 11.6 Å². The van der Waals surface area contributed by atoms with Gasteiger partial charge < -0.3 is 10.6 Å². The van der Waals surface area contributed by atoms with Gasteiger partial charge in [0.15, 0.2) is 17.5 Å². The molecule has 1 atom stereocenters. The van der Waals surface area contributed by atoms with Crippen LogP contribution in [-0.4, -0.2) is 11.9 Å². The predicted molar refractivity (Wildman–Crippen MR) is 82.7 cm³/mol. The first-order valence-corrected chi connectivity index (χ1v) is 7.18. The number of rotatable bonds is 5. The van der Waals surface area contributed by atoms with Gasteiger partial charge in [0.1, 0.15) is 0 Å². The fourth-order valence-corrected chi connectivity index (χ4v) is 2.09. The molecule has 0 fully saturated rings. The molecule has 2 rings (SSSR count). The smallest absolute Gasteiger partial charge is 0.241 e. The van der Waals surface area contributed by atoms with Gasteiger partial charge in [-0.25, -0.2) is 13.2 Å². The molecule has 0 aliphatic carbocycles. The van der Waals surface area contributed by atoms with Gasteiger partial charge in [0.25, 0.3) is 0 Å². The number of anilines is 1. The second-order valence-corrected chi connectivity index (χ2v) is 5.38. The van der Waals surface area contributed by atoms with Crippen molar-refractivity contribution in [1.82, 2.24) is 5.32 Å². The molecule has 0 saturated carbocycles. The van der Waals surface area contributed by atoms with Gasteiger partial charge >= 0.3 is 0 Å². The van der Waals surface area contributed by atoms with Gasteiger partial charge in [0.2, 0.25) is 5.91 Å². The molecule has 122 valence electrons. The van der Waals surface area contributed by atoms with E-state index in [1.54, 1.807) is 25.1 Å². The zero-order valence-corrected chi connectivity index (χ0v) is 12.9. The Morgan fingerprint density at radius 1 is 1.17 bits per heavy atom. The molecule has 23 heavy (non-hydrogen) atoms. The molecular weight excluding hydrogens is 329 g/mol. The third-order valence-electron chi connectivity index (χ3n) is 3.19. The summed E-state index contributed by atoms with van der Waals surface area (Å²) >= 11 is 5.86. The van der Waals surface area contributed by atoms with Gasteiger partial charge in [-0.05, 0) is 36.8 Å². The Bertz CT molecular complexity index is 724. The summed E-state index contributed by atoms with van der Waals surface area (Å²) in [5.41, 5.74) is 0.460. The van der Waals surface area contributed by atoms with Gasteiger partial charge in [-0.15, -0.1) is 0 Å². The third kappa shape index (κ3) is 4.46. The minimum absolute atomic E-state index is 0.370. The summed E-state index contributed by atoms with van der Waals surface area (Å²) in [5, 5.41) is 5.72. The van der Waals surface area contributed by atoms with Crippen LogP contribution in [0, 0.1) is 17.5 Å². The van der Waals surface area contributed by atoms with E-state index in [2.05, 4.69) is 10.6 Å². The summed E-state index contributed by atoms with van der Waals surface area (Å²) in [7, 11) is 0. The maximum Gasteiger partial charge on any atom is 0.241 e. The lowest BCUT2D eigenvalue weighted by Gasteiger charge is -2.15. The van der Waals surface area contributed by atoms with Crippen LogP contribution >= 0.6 is 11.6 Å². The van der Waals surface area contributed by atoms with E-state index in [9.17, 15) is 18.0 Å². The van der Waals surface area contributed by atoms with Crippen LogP contribution in [0.5, 0.6) is 0 Å². The van der Waals surface area contributed by atoms with Crippen molar-refractivity contribution in [3.63, 3.8) is 0 Å². The first-order chi connectivity index (χ1) is 10.9. The molecule has 1 unspecified atom stereocenters. The molecule has 1 amide bonds. The molecule has 2 aromatic rings. The Morgan fingerprint density at radius 2 is 1.91 bits per heavy atom. The highest BCUT2D eigenvalue weighted by molar-refractivity contribution is 6.30. The molecule has 0 saturated heterocycles. The van der Waals surface area contributed by atoms with Crippen molar-refractivity contribution in [3.8, 4) is 0 Å². The number of carbonyl (C=O) groups is 1. The van der Waals surface area contributed by atoms with Crippen LogP contribution < -0.4 is 10.6 Å². The highest BCUT2D eigenvalue weighted by atomic mass is 35.5. The van der Waals surface area contributed by atoms with Crippen LogP contribution in [-0.2, 0) is 11.3 Å². The summed E-state index contributed by atoms with van der Waals surface area (Å²) in [4.78, 5) is 12.0. The van der Waals surface area contributed by atoms with E-state index in [1.807, 2.05) is 6.07 Å². The van der Waals surface area contributed by atoms with Crippen LogP contribution in [0.25, 0.3) is 0 Å². The first kappa shape index (κ1) is 17.3. The lowest BCUT2D eigenvalue weighted by atomic mass is 10.2. The van der Waals surface area contributed by atoms with Crippen molar-refractivity contribution in [1.29, 1.82) is 0 Å². The molecule has 0 heterocycles. The number of carbonyl (C=O) groups excluding carboxylic acids is 1. The lowest BCUT2D eigenvalue weighted by molar-refractivity contribution is -0.117. The molecule has 0 spiro atoms. The van der Waals surface area contributed by atoms with Gasteiger partial charge in [-0.1, -0.05) is 23.7 Å². The Hall–Kier alpha value is -2.05. The van der Waals surface area contributed by atoms with Gasteiger partial charge in [-0.3, -0.25) is 4.79 Å². The zero-order valence-electron chi connectivity index (χ0n) is 12.2. The van der Waals surface area contributed by atoms with Crippen molar-refractivity contribution >= 4 is 23.2 Å². The summed E-state index contributed by atoms with van der Waals surface area (Å²) in [5.74, 6) is -4.94. The average Bonchev–Trinajstić information content (AvgIpc) is 2.53. The second-order valence-electron chi connectivity index (χ2n) is 4.94. The summed E-state index contributed by atoms with van der Waals surface area (Å²) in [6, 6.07) is 8.12. The Balaban J connectivity index is 1.96. The van der Waals surface area contributed by atoms with Gasteiger partial charge in [0, 0.05) is 11.6 Å². The standard InChI is InChI=1S/C16H14ClF3N2O/c1-9(21-8-10-3-2-4-11(17)7-10)16(23)22-13-6-5-12(18)14(19)15(13)20/h2-7,9,21H,8H2,1H3,(H,22,23). The number of nitrogens with one attached hydrogen (secondary N) is 2. The van der Waals surface area contributed by atoms with Crippen molar-refractivity contribution < 1.29 is 18.0 Å². The third-order valence-corrected chi connectivity index (χ3v) is 3.42. The quantitative estimate of drug-likeness (QED) is 0.810. The number of benzene rings is 2. The second kappa shape index (κ2) is 7.48. The normalized spacial score (nSPS) is 12.0. The molecule has 3 nitrogen and oxygen atoms in total. The zero-order chi connectivity index (χ0) is 17.0. The Kier molecular flexibility index (Phi) is 5.63. The topological polar surface area (TPSA) is 41.1 Å². The van der Waals surface area contributed by atoms with Crippen LogP contribution in [0.1, 0.15) is 12.5 Å². The summed E-state index contributed by atoms with van der Waals surface area (Å²) in [6.07, 6.45) is 0. The molecule has 0 aliphatic heterocycles. The molecular formula is C16H14ClF3N2O. The predicted octanol–water partition coefficient (Wildman–Crippen LogP) is 3.87. The van der Waals surface area contributed by atoms with E-state index < -0.39 is 35.1 Å². The Labute approximate surface area is 136 Å². The molecule has 0 bridgehead atoms. The minimum Gasteiger partial charge on any atom is -0.322 e. The molecule has 2 aromatic carbocycles. The number of amides is 1. The largest absolute Gasteiger partial charge is 0.322 e. The van der Waals surface area contributed by atoms with Crippen molar-refractivity contribution in [2.24, 2.45) is 0 Å². The Morgan fingerprint density at radius 3 is 2.61 bits per heavy atom. The molecule has 2 N–H and O–H groups in total. The maximum atomic E-state index is 13.5. The SMILES string of the molecule is CC(NCc1cccc(Cl)c1)C(=O)Nc1ccc(F)c(F)c1F. The van der Waals surface area contributed by atoms with Crippen LogP contribution in [0.4, 0.5) is 18.9 Å².